The number of amides is 1. The van der Waals surface area contributed by atoms with Crippen LogP contribution >= 0.6 is 0 Å². The molecule has 3 rings (SSSR count). The number of nitriles is 1. The van der Waals surface area contributed by atoms with Gasteiger partial charge in [0.1, 0.15) is 5.82 Å². The Balaban J connectivity index is 1.76. The van der Waals surface area contributed by atoms with Gasteiger partial charge in [-0.05, 0) is 37.5 Å². The number of hydrogen-bond acceptors (Lipinski definition) is 6. The number of nitrogens with one attached hydrogen (secondary N) is 2. The predicted molar refractivity (Wildman–Crippen MR) is 114 cm³/mol. The molecule has 1 aromatic carbocycles. The third kappa shape index (κ3) is 5.67. The van der Waals surface area contributed by atoms with E-state index in [-0.39, 0.29) is 11.9 Å². The molecule has 29 heavy (non-hydrogen) atoms. The molecule has 1 amide bonds. The van der Waals surface area contributed by atoms with Crippen LogP contribution in [0.2, 0.25) is 0 Å². The SMILES string of the molecule is CCCC(=O)N[C@H]1CCN(c2cc(CCC)nc(Nc3cccc(C#N)c3)n2)C1. The van der Waals surface area contributed by atoms with E-state index in [4.69, 9.17) is 10.2 Å². The average Bonchev–Trinajstić information content (AvgIpc) is 3.17. The molecule has 152 valence electrons. The first kappa shape index (κ1) is 20.6. The number of benzene rings is 1. The van der Waals surface area contributed by atoms with Crippen LogP contribution in [0.4, 0.5) is 17.5 Å². The van der Waals surface area contributed by atoms with Gasteiger partial charge in [-0.2, -0.15) is 10.2 Å². The van der Waals surface area contributed by atoms with E-state index in [1.807, 2.05) is 25.1 Å². The number of carbonyl (C=O) groups excluding carboxylic acids is 1. The second-order valence-electron chi connectivity index (χ2n) is 7.36. The van der Waals surface area contributed by atoms with Gasteiger partial charge in [-0.25, -0.2) is 4.98 Å². The lowest BCUT2D eigenvalue weighted by Crippen LogP contribution is -2.37. The minimum Gasteiger partial charge on any atom is -0.354 e. The fourth-order valence-electron chi connectivity index (χ4n) is 3.49. The van der Waals surface area contributed by atoms with Gasteiger partial charge >= 0.3 is 0 Å². The number of carbonyl (C=O) groups is 1. The molecule has 0 bridgehead atoms. The molecule has 1 aliphatic rings. The average molecular weight is 393 g/mol. The first-order valence-electron chi connectivity index (χ1n) is 10.3. The maximum absolute atomic E-state index is 11.9. The maximum Gasteiger partial charge on any atom is 0.229 e. The van der Waals surface area contributed by atoms with E-state index in [0.717, 1.165) is 56.0 Å². The van der Waals surface area contributed by atoms with E-state index < -0.39 is 0 Å². The van der Waals surface area contributed by atoms with Gasteiger partial charge in [0.05, 0.1) is 11.6 Å². The molecule has 1 aromatic heterocycles. The molecule has 0 spiro atoms. The topological polar surface area (TPSA) is 93.9 Å². The molecular weight excluding hydrogens is 364 g/mol. The highest BCUT2D eigenvalue weighted by Crippen LogP contribution is 2.23. The van der Waals surface area contributed by atoms with Gasteiger partial charge in [-0.1, -0.05) is 26.3 Å². The molecule has 1 saturated heterocycles. The number of hydrogen-bond donors (Lipinski definition) is 2. The summed E-state index contributed by atoms with van der Waals surface area (Å²) in [6.07, 6.45) is 4.20. The molecular formula is C22H28N6O. The fraction of sp³-hybridized carbons (Fsp3) is 0.455. The second-order valence-corrected chi connectivity index (χ2v) is 7.36. The van der Waals surface area contributed by atoms with E-state index in [0.29, 0.717) is 17.9 Å². The standard InChI is InChI=1S/C22H28N6O/c1-3-6-17-13-20(28-11-10-19(15-28)24-21(29)7-4-2)27-22(25-17)26-18-9-5-8-16(12-18)14-23/h5,8-9,12-13,19H,3-4,6-7,10-11,15H2,1-2H3,(H,24,29)(H,25,26,27)/t19-/m0/s1. The molecule has 0 unspecified atom stereocenters. The van der Waals surface area contributed by atoms with Gasteiger partial charge in [0, 0.05) is 43.0 Å². The van der Waals surface area contributed by atoms with Crippen LogP contribution < -0.4 is 15.5 Å². The summed E-state index contributed by atoms with van der Waals surface area (Å²) in [7, 11) is 0. The van der Waals surface area contributed by atoms with Crippen LogP contribution in [0.1, 0.15) is 50.8 Å². The third-order valence-corrected chi connectivity index (χ3v) is 4.87. The Morgan fingerprint density at radius 3 is 2.90 bits per heavy atom. The van der Waals surface area contributed by atoms with E-state index in [2.05, 4.69) is 33.5 Å². The van der Waals surface area contributed by atoms with Crippen molar-refractivity contribution >= 4 is 23.4 Å². The van der Waals surface area contributed by atoms with Crippen molar-refractivity contribution in [3.05, 3.63) is 41.6 Å². The fourth-order valence-corrected chi connectivity index (χ4v) is 3.49. The summed E-state index contributed by atoms with van der Waals surface area (Å²) in [5.41, 5.74) is 2.36. The van der Waals surface area contributed by atoms with Crippen LogP contribution in [0.15, 0.2) is 30.3 Å². The normalized spacial score (nSPS) is 15.8. The maximum atomic E-state index is 11.9. The smallest absolute Gasteiger partial charge is 0.229 e. The van der Waals surface area contributed by atoms with Crippen molar-refractivity contribution in [2.45, 2.75) is 52.0 Å². The summed E-state index contributed by atoms with van der Waals surface area (Å²) in [5.74, 6) is 1.52. The lowest BCUT2D eigenvalue weighted by molar-refractivity contribution is -0.121. The molecule has 2 N–H and O–H groups in total. The molecule has 2 aromatic rings. The van der Waals surface area contributed by atoms with Gasteiger partial charge < -0.3 is 15.5 Å². The highest BCUT2D eigenvalue weighted by molar-refractivity contribution is 5.76. The van der Waals surface area contributed by atoms with E-state index in [1.165, 1.54) is 0 Å². The number of aryl methyl sites for hydroxylation is 1. The van der Waals surface area contributed by atoms with Gasteiger partial charge in [-0.15, -0.1) is 0 Å². The molecule has 7 heteroatoms. The van der Waals surface area contributed by atoms with Crippen LogP contribution in [-0.4, -0.2) is 35.0 Å². The van der Waals surface area contributed by atoms with Crippen LogP contribution in [0, 0.1) is 11.3 Å². The van der Waals surface area contributed by atoms with Crippen molar-refractivity contribution in [1.29, 1.82) is 5.26 Å². The van der Waals surface area contributed by atoms with Gasteiger partial charge in [0.25, 0.3) is 0 Å². The molecule has 1 aliphatic heterocycles. The van der Waals surface area contributed by atoms with Crippen LogP contribution in [0.5, 0.6) is 0 Å². The monoisotopic (exact) mass is 392 g/mol. The molecule has 1 atom stereocenters. The highest BCUT2D eigenvalue weighted by atomic mass is 16.1. The van der Waals surface area contributed by atoms with Crippen LogP contribution in [-0.2, 0) is 11.2 Å². The first-order valence-corrected chi connectivity index (χ1v) is 10.3. The summed E-state index contributed by atoms with van der Waals surface area (Å²) in [6, 6.07) is 11.6. The minimum atomic E-state index is 0.119. The quantitative estimate of drug-likeness (QED) is 0.714. The Labute approximate surface area is 172 Å². The number of rotatable bonds is 8. The summed E-state index contributed by atoms with van der Waals surface area (Å²) in [5, 5.41) is 15.5. The van der Waals surface area contributed by atoms with Crippen molar-refractivity contribution in [2.24, 2.45) is 0 Å². The van der Waals surface area contributed by atoms with Crippen molar-refractivity contribution in [3.63, 3.8) is 0 Å². The summed E-state index contributed by atoms with van der Waals surface area (Å²) < 4.78 is 0. The molecule has 7 nitrogen and oxygen atoms in total. The number of nitrogens with zero attached hydrogens (tertiary/aromatic N) is 4. The number of anilines is 3. The van der Waals surface area contributed by atoms with Gasteiger partial charge in [-0.3, -0.25) is 4.79 Å². The Kier molecular flexibility index (Phi) is 7.01. The second kappa shape index (κ2) is 9.87. The zero-order valence-electron chi connectivity index (χ0n) is 17.1. The molecule has 0 radical (unpaired) electrons. The van der Waals surface area contributed by atoms with E-state index in [9.17, 15) is 4.79 Å². The highest BCUT2D eigenvalue weighted by Gasteiger charge is 2.25. The summed E-state index contributed by atoms with van der Waals surface area (Å²) in [6.45, 7) is 5.74. The lowest BCUT2D eigenvalue weighted by atomic mass is 10.2. The third-order valence-electron chi connectivity index (χ3n) is 4.87. The van der Waals surface area contributed by atoms with Crippen molar-refractivity contribution in [3.8, 4) is 6.07 Å². The Bertz CT molecular complexity index is 891. The zero-order chi connectivity index (χ0) is 20.6. The molecule has 2 heterocycles. The van der Waals surface area contributed by atoms with Crippen molar-refractivity contribution in [1.82, 2.24) is 15.3 Å². The first-order chi connectivity index (χ1) is 14.1. The van der Waals surface area contributed by atoms with Crippen molar-refractivity contribution < 1.29 is 4.79 Å². The predicted octanol–water partition coefficient (Wildman–Crippen LogP) is 3.54. The minimum absolute atomic E-state index is 0.119. The lowest BCUT2D eigenvalue weighted by Gasteiger charge is -2.20. The van der Waals surface area contributed by atoms with Crippen molar-refractivity contribution in [2.75, 3.05) is 23.3 Å². The molecule has 0 saturated carbocycles. The number of aromatic nitrogens is 2. The van der Waals surface area contributed by atoms with E-state index in [1.54, 1.807) is 12.1 Å². The molecule has 1 fully saturated rings. The van der Waals surface area contributed by atoms with Gasteiger partial charge in [0.15, 0.2) is 0 Å². The van der Waals surface area contributed by atoms with Crippen LogP contribution in [0.25, 0.3) is 0 Å². The van der Waals surface area contributed by atoms with Gasteiger partial charge in [0.2, 0.25) is 11.9 Å². The Hall–Kier alpha value is -3.14. The van der Waals surface area contributed by atoms with E-state index >= 15 is 0 Å². The largest absolute Gasteiger partial charge is 0.354 e. The summed E-state index contributed by atoms with van der Waals surface area (Å²) >= 11 is 0. The summed E-state index contributed by atoms with van der Waals surface area (Å²) in [4.78, 5) is 23.4. The zero-order valence-corrected chi connectivity index (χ0v) is 17.1. The Morgan fingerprint density at radius 1 is 1.28 bits per heavy atom. The molecule has 0 aliphatic carbocycles. The Morgan fingerprint density at radius 2 is 2.14 bits per heavy atom. The van der Waals surface area contributed by atoms with Crippen LogP contribution in [0.3, 0.4) is 0 Å².